The third-order valence-electron chi connectivity index (χ3n) is 6.62. The fourth-order valence-electron chi connectivity index (χ4n) is 5.95. The summed E-state index contributed by atoms with van der Waals surface area (Å²) < 4.78 is 0. The Bertz CT molecular complexity index is 835. The molecule has 4 saturated heterocycles. The van der Waals surface area contributed by atoms with Gasteiger partial charge in [-0.3, -0.25) is 14.6 Å². The Labute approximate surface area is 141 Å². The Morgan fingerprint density at radius 3 is 2.17 bits per heavy atom. The minimum Gasteiger partial charge on any atom is -0.506 e. The number of Topliss-reactive ketones (excluding diaryl/α,β-unsaturated/α-hetero) is 1. The van der Waals surface area contributed by atoms with Crippen molar-refractivity contribution in [3.63, 3.8) is 0 Å². The lowest BCUT2D eigenvalue weighted by Gasteiger charge is -2.58. The molecule has 4 nitrogen and oxygen atoms in total. The second kappa shape index (κ2) is 4.38. The quantitative estimate of drug-likeness (QED) is 0.688. The van der Waals surface area contributed by atoms with E-state index in [1.54, 1.807) is 0 Å². The van der Waals surface area contributed by atoms with Crippen LogP contribution in [-0.4, -0.2) is 37.1 Å². The van der Waals surface area contributed by atoms with Crippen molar-refractivity contribution in [1.82, 2.24) is 0 Å². The van der Waals surface area contributed by atoms with Gasteiger partial charge in [0.2, 0.25) is 6.17 Å². The smallest absolute Gasteiger partial charge is 0.244 e. The van der Waals surface area contributed by atoms with Gasteiger partial charge in [-0.2, -0.15) is 0 Å². The lowest BCUT2D eigenvalue weighted by molar-refractivity contribution is -1.18. The molecule has 4 aliphatic rings. The van der Waals surface area contributed by atoms with Gasteiger partial charge in [0.25, 0.3) is 0 Å². The molecule has 4 fully saturated rings. The third kappa shape index (κ3) is 1.68. The molecule has 0 amide bonds. The largest absolute Gasteiger partial charge is 0.506 e. The first-order chi connectivity index (χ1) is 11.4. The number of hydrogen-bond donors (Lipinski definition) is 3. The molecular weight excluding hydrogens is 300 g/mol. The van der Waals surface area contributed by atoms with E-state index in [4.69, 9.17) is 0 Å². The van der Waals surface area contributed by atoms with Gasteiger partial charge in [-0.05, 0) is 25.3 Å². The van der Waals surface area contributed by atoms with Gasteiger partial charge in [0, 0.05) is 5.39 Å². The maximum absolute atomic E-state index is 12.8. The molecule has 4 heteroatoms. The molecule has 4 aliphatic heterocycles. The van der Waals surface area contributed by atoms with Crippen molar-refractivity contribution < 1.29 is 19.7 Å². The molecule has 4 heterocycles. The molecule has 3 N–H and O–H groups in total. The minimum atomic E-state index is -0.196. The van der Waals surface area contributed by atoms with Crippen LogP contribution in [0.1, 0.15) is 25.6 Å². The summed E-state index contributed by atoms with van der Waals surface area (Å²) in [5, 5.41) is 12.9. The van der Waals surface area contributed by atoms with Crippen LogP contribution >= 0.6 is 0 Å². The number of piperidine rings is 2. The van der Waals surface area contributed by atoms with Crippen LogP contribution in [-0.2, 0) is 4.79 Å². The van der Waals surface area contributed by atoms with Crippen molar-refractivity contribution in [2.24, 2.45) is 10.8 Å². The normalized spacial score (nSPS) is 40.4. The Balaban J connectivity index is 1.63. The number of ketones is 1. The molecule has 0 unspecified atom stereocenters. The average molecular weight is 324 g/mol. The first-order valence-electron chi connectivity index (χ1n) is 8.86. The van der Waals surface area contributed by atoms with E-state index in [0.29, 0.717) is 11.5 Å². The van der Waals surface area contributed by atoms with Crippen LogP contribution in [0.5, 0.6) is 5.75 Å². The number of hydrogen-bond acceptors (Lipinski definition) is 2. The number of nitrogens with one attached hydrogen (secondary N) is 2. The highest BCUT2D eigenvalue weighted by Gasteiger charge is 2.68. The van der Waals surface area contributed by atoms with Gasteiger partial charge in [-0.15, -0.1) is 0 Å². The van der Waals surface area contributed by atoms with E-state index >= 15 is 0 Å². The van der Waals surface area contributed by atoms with Crippen LogP contribution < -0.4 is 9.80 Å². The summed E-state index contributed by atoms with van der Waals surface area (Å²) in [6.45, 7) is 7.85. The van der Waals surface area contributed by atoms with E-state index in [1.165, 1.54) is 9.80 Å². The second-order valence-electron chi connectivity index (χ2n) is 8.63. The molecule has 0 aliphatic carbocycles. The molecule has 6 rings (SSSR count). The Morgan fingerprint density at radius 2 is 1.54 bits per heavy atom. The van der Waals surface area contributed by atoms with Crippen molar-refractivity contribution in [2.45, 2.75) is 20.0 Å². The van der Waals surface area contributed by atoms with Crippen molar-refractivity contribution in [3.8, 4) is 5.75 Å². The highest BCUT2D eigenvalue weighted by atomic mass is 16.3. The minimum absolute atomic E-state index is 0.196. The number of aromatic hydroxyl groups is 1. The number of fused-ring (bicyclic) bond motifs is 1. The van der Waals surface area contributed by atoms with Crippen LogP contribution in [0.4, 0.5) is 0 Å². The summed E-state index contributed by atoms with van der Waals surface area (Å²) in [6.07, 6.45) is 0.240. The van der Waals surface area contributed by atoms with Gasteiger partial charge >= 0.3 is 0 Å². The molecule has 124 valence electrons. The number of benzene rings is 2. The first-order valence-corrected chi connectivity index (χ1v) is 8.86. The second-order valence-corrected chi connectivity index (χ2v) is 8.63. The van der Waals surface area contributed by atoms with E-state index in [9.17, 15) is 9.90 Å². The van der Waals surface area contributed by atoms with Crippen LogP contribution in [0, 0.1) is 10.8 Å². The molecule has 24 heavy (non-hydrogen) atoms. The van der Waals surface area contributed by atoms with Crippen molar-refractivity contribution >= 4 is 16.6 Å². The average Bonchev–Trinajstić information content (AvgIpc) is 2.53. The molecular formula is C20H24N2O2+2. The molecule has 0 aromatic heterocycles. The lowest BCUT2D eigenvalue weighted by atomic mass is 9.62. The summed E-state index contributed by atoms with van der Waals surface area (Å²) in [5.41, 5.74) is 0.648. The number of phenols is 1. The van der Waals surface area contributed by atoms with Gasteiger partial charge in [-0.1, -0.05) is 30.3 Å². The fraction of sp³-hybridized carbons (Fsp3) is 0.450. The zero-order valence-corrected chi connectivity index (χ0v) is 14.2. The Kier molecular flexibility index (Phi) is 2.63. The van der Waals surface area contributed by atoms with Crippen LogP contribution in [0.3, 0.4) is 0 Å². The summed E-state index contributed by atoms with van der Waals surface area (Å²) in [4.78, 5) is 15.7. The van der Waals surface area contributed by atoms with E-state index in [1.807, 2.05) is 24.3 Å². The van der Waals surface area contributed by atoms with Crippen LogP contribution in [0.25, 0.3) is 10.8 Å². The maximum atomic E-state index is 12.8. The molecule has 0 spiro atoms. The molecule has 2 aromatic rings. The van der Waals surface area contributed by atoms with Crippen molar-refractivity contribution in [3.05, 3.63) is 42.0 Å². The third-order valence-corrected chi connectivity index (χ3v) is 6.62. The molecule has 4 bridgehead atoms. The molecule has 0 radical (unpaired) electrons. The highest BCUT2D eigenvalue weighted by Crippen LogP contribution is 2.38. The summed E-state index contributed by atoms with van der Waals surface area (Å²) in [6, 6.07) is 12.2. The summed E-state index contributed by atoms with van der Waals surface area (Å²) in [5.74, 6) is 0.885. The van der Waals surface area contributed by atoms with Gasteiger partial charge in [0.1, 0.15) is 48.3 Å². The van der Waals surface area contributed by atoms with Crippen LogP contribution in [0.15, 0.2) is 36.4 Å². The zero-order valence-electron chi connectivity index (χ0n) is 14.2. The fourth-order valence-corrected chi connectivity index (χ4v) is 5.95. The van der Waals surface area contributed by atoms with E-state index < -0.39 is 0 Å². The standard InChI is InChI=1S/C20H22N2O2/c1-19-9-21-11-20(2,18(19)24)12-22(10-19)17(21)15-8-7-13-5-3-4-6-14(13)16(15)23/h3-8,17,23H,9-12H2,1-2H3/p+2. The van der Waals surface area contributed by atoms with Gasteiger partial charge in [0.15, 0.2) is 5.78 Å². The number of rotatable bonds is 1. The number of carbonyl (C=O) groups is 1. The Hall–Kier alpha value is -1.91. The van der Waals surface area contributed by atoms with Gasteiger partial charge in [-0.25, -0.2) is 0 Å². The summed E-state index contributed by atoms with van der Waals surface area (Å²) in [7, 11) is 0. The topological polar surface area (TPSA) is 46.2 Å². The maximum Gasteiger partial charge on any atom is 0.244 e. The van der Waals surface area contributed by atoms with Gasteiger partial charge < -0.3 is 5.11 Å². The molecule has 0 atom stereocenters. The predicted octanol–water partition coefficient (Wildman–Crippen LogP) is -0.0637. The monoisotopic (exact) mass is 324 g/mol. The van der Waals surface area contributed by atoms with E-state index in [2.05, 4.69) is 26.0 Å². The zero-order chi connectivity index (χ0) is 16.7. The van der Waals surface area contributed by atoms with E-state index in [0.717, 1.165) is 42.5 Å². The number of carbonyl (C=O) groups excluding carboxylic acids is 1. The molecule has 2 aromatic carbocycles. The van der Waals surface area contributed by atoms with Crippen molar-refractivity contribution in [1.29, 1.82) is 0 Å². The van der Waals surface area contributed by atoms with Crippen LogP contribution in [0.2, 0.25) is 0 Å². The molecule has 0 saturated carbocycles. The van der Waals surface area contributed by atoms with Crippen molar-refractivity contribution in [2.75, 3.05) is 26.2 Å². The Morgan fingerprint density at radius 1 is 0.958 bits per heavy atom. The summed E-state index contributed by atoms with van der Waals surface area (Å²) >= 11 is 0. The van der Waals surface area contributed by atoms with E-state index in [-0.39, 0.29) is 17.0 Å². The highest BCUT2D eigenvalue weighted by molar-refractivity contribution is 5.91. The lowest BCUT2D eigenvalue weighted by Crippen LogP contribution is -3.41. The first kappa shape index (κ1) is 14.4. The number of quaternary nitrogens is 2. The van der Waals surface area contributed by atoms with Gasteiger partial charge in [0.05, 0.1) is 0 Å². The SMILES string of the molecule is CC12C[NH+]3CC(C)(C[NH+](C1)C3c1ccc3ccccc3c1O)C2=O. The predicted molar refractivity (Wildman–Crippen MR) is 91.0 cm³/mol. The number of phenolic OH excluding ortho intramolecular Hbond substituents is 1.